The van der Waals surface area contributed by atoms with Crippen molar-refractivity contribution in [3.8, 4) is 0 Å². The summed E-state index contributed by atoms with van der Waals surface area (Å²) in [5, 5.41) is 8.48. The molecule has 0 radical (unpaired) electrons. The summed E-state index contributed by atoms with van der Waals surface area (Å²) in [6.45, 7) is 0.472. The Labute approximate surface area is 99.8 Å². The maximum Gasteiger partial charge on any atom is 0.303 e. The lowest BCUT2D eigenvalue weighted by molar-refractivity contribution is -0.136. The molecule has 0 aromatic heterocycles. The highest BCUT2D eigenvalue weighted by molar-refractivity contribution is 5.97. The molecule has 0 aliphatic carbocycles. The van der Waals surface area contributed by atoms with E-state index in [1.54, 1.807) is 24.3 Å². The van der Waals surface area contributed by atoms with Crippen LogP contribution in [-0.4, -0.2) is 23.4 Å². The summed E-state index contributed by atoms with van der Waals surface area (Å²) in [6.07, 6.45) is 3.59. The van der Waals surface area contributed by atoms with Crippen LogP contribution in [0.5, 0.6) is 0 Å². The smallest absolute Gasteiger partial charge is 0.303 e. The number of carbonyl (C=O) groups is 2. The van der Waals surface area contributed by atoms with Gasteiger partial charge in [0.1, 0.15) is 0 Å². The van der Waals surface area contributed by atoms with Gasteiger partial charge in [-0.2, -0.15) is 0 Å². The average molecular weight is 233 g/mol. The third-order valence-corrected chi connectivity index (χ3v) is 2.24. The van der Waals surface area contributed by atoms with Crippen LogP contribution in [0, 0.1) is 0 Å². The molecule has 0 aliphatic rings. The fourth-order valence-corrected chi connectivity index (χ4v) is 1.35. The zero-order chi connectivity index (χ0) is 12.7. The third-order valence-electron chi connectivity index (χ3n) is 2.24. The molecule has 0 saturated heterocycles. The number of carboxylic acids is 1. The second-order valence-electron chi connectivity index (χ2n) is 3.58. The van der Waals surface area contributed by atoms with E-state index in [4.69, 9.17) is 10.8 Å². The van der Waals surface area contributed by atoms with Crippen LogP contribution in [0.1, 0.15) is 28.8 Å². The summed E-state index contributed by atoms with van der Waals surface area (Å²) >= 11 is 0. The Balaban J connectivity index is 2.63. The van der Waals surface area contributed by atoms with E-state index < -0.39 is 5.97 Å². The molecule has 4 nitrogen and oxygen atoms in total. The molecule has 0 bridgehead atoms. The van der Waals surface area contributed by atoms with E-state index in [-0.39, 0.29) is 18.6 Å². The Morgan fingerprint density at radius 3 is 2.35 bits per heavy atom. The summed E-state index contributed by atoms with van der Waals surface area (Å²) < 4.78 is 0. The summed E-state index contributed by atoms with van der Waals surface area (Å²) in [7, 11) is 0. The molecule has 0 fully saturated rings. The molecular formula is C13H15NO3. The Kier molecular flexibility index (Phi) is 5.10. The number of hydrogen-bond acceptors (Lipinski definition) is 3. The highest BCUT2D eigenvalue weighted by Gasteiger charge is 2.07. The van der Waals surface area contributed by atoms with Crippen LogP contribution in [0.15, 0.2) is 30.3 Å². The van der Waals surface area contributed by atoms with Crippen LogP contribution < -0.4 is 5.73 Å². The van der Waals surface area contributed by atoms with E-state index in [0.29, 0.717) is 12.1 Å². The number of carbonyl (C=O) groups excluding carboxylic acids is 1. The standard InChI is InChI=1S/C13H15NO3/c14-9-1-2-10-3-5-11(6-4-10)12(15)7-8-13(16)17/h1-6H,7-9,14H2,(H,16,17). The van der Waals surface area contributed by atoms with Gasteiger partial charge in [-0.15, -0.1) is 0 Å². The second-order valence-corrected chi connectivity index (χ2v) is 3.58. The highest BCUT2D eigenvalue weighted by Crippen LogP contribution is 2.09. The van der Waals surface area contributed by atoms with Crippen molar-refractivity contribution in [1.82, 2.24) is 0 Å². The lowest BCUT2D eigenvalue weighted by atomic mass is 10.0. The molecular weight excluding hydrogens is 218 g/mol. The normalized spacial score (nSPS) is 10.6. The molecule has 0 unspecified atom stereocenters. The van der Waals surface area contributed by atoms with Gasteiger partial charge in [0, 0.05) is 18.5 Å². The van der Waals surface area contributed by atoms with Gasteiger partial charge in [0.2, 0.25) is 0 Å². The van der Waals surface area contributed by atoms with Gasteiger partial charge in [-0.05, 0) is 5.56 Å². The second kappa shape index (κ2) is 6.60. The third kappa shape index (κ3) is 4.61. The highest BCUT2D eigenvalue weighted by atomic mass is 16.4. The molecule has 1 rings (SSSR count). The molecule has 0 atom stereocenters. The maximum absolute atomic E-state index is 11.6. The maximum atomic E-state index is 11.6. The number of ketones is 1. The number of Topliss-reactive ketones (excluding diaryl/α,β-unsaturated/α-hetero) is 1. The molecule has 0 heterocycles. The van der Waals surface area contributed by atoms with Crippen molar-refractivity contribution in [3.63, 3.8) is 0 Å². The quantitative estimate of drug-likeness (QED) is 0.733. The van der Waals surface area contributed by atoms with E-state index in [2.05, 4.69) is 0 Å². The van der Waals surface area contributed by atoms with Crippen molar-refractivity contribution < 1.29 is 14.7 Å². The average Bonchev–Trinajstić information content (AvgIpc) is 2.34. The van der Waals surface area contributed by atoms with Crippen LogP contribution in [-0.2, 0) is 4.79 Å². The molecule has 3 N–H and O–H groups in total. The largest absolute Gasteiger partial charge is 0.481 e. The van der Waals surface area contributed by atoms with Crippen molar-refractivity contribution in [2.24, 2.45) is 5.73 Å². The molecule has 0 spiro atoms. The van der Waals surface area contributed by atoms with E-state index in [1.165, 1.54) is 0 Å². The first kappa shape index (κ1) is 13.1. The Hall–Kier alpha value is -1.94. The summed E-state index contributed by atoms with van der Waals surface area (Å²) in [4.78, 5) is 21.9. The van der Waals surface area contributed by atoms with Gasteiger partial charge < -0.3 is 10.8 Å². The fourth-order valence-electron chi connectivity index (χ4n) is 1.35. The van der Waals surface area contributed by atoms with E-state index in [9.17, 15) is 9.59 Å². The van der Waals surface area contributed by atoms with Gasteiger partial charge >= 0.3 is 5.97 Å². The molecule has 4 heteroatoms. The minimum absolute atomic E-state index is 0.0350. The summed E-state index contributed by atoms with van der Waals surface area (Å²) in [5.41, 5.74) is 6.83. The van der Waals surface area contributed by atoms with E-state index in [0.717, 1.165) is 5.56 Å². The van der Waals surface area contributed by atoms with Crippen molar-refractivity contribution >= 4 is 17.8 Å². The predicted octanol–water partition coefficient (Wildman–Crippen LogP) is 1.71. The van der Waals surface area contributed by atoms with Crippen LogP contribution in [0.2, 0.25) is 0 Å². The van der Waals surface area contributed by atoms with E-state index >= 15 is 0 Å². The lowest BCUT2D eigenvalue weighted by Crippen LogP contribution is -2.03. The molecule has 0 aliphatic heterocycles. The van der Waals surface area contributed by atoms with Crippen molar-refractivity contribution in [2.45, 2.75) is 12.8 Å². The topological polar surface area (TPSA) is 80.4 Å². The van der Waals surface area contributed by atoms with Crippen LogP contribution >= 0.6 is 0 Å². The van der Waals surface area contributed by atoms with Gasteiger partial charge in [0.05, 0.1) is 6.42 Å². The van der Waals surface area contributed by atoms with Gasteiger partial charge in [-0.25, -0.2) is 0 Å². The van der Waals surface area contributed by atoms with Gasteiger partial charge in [0.25, 0.3) is 0 Å². The first-order valence-electron chi connectivity index (χ1n) is 5.35. The van der Waals surface area contributed by atoms with Crippen LogP contribution in [0.3, 0.4) is 0 Å². The number of carboxylic acid groups (broad SMARTS) is 1. The first-order valence-corrected chi connectivity index (χ1v) is 5.35. The molecule has 1 aromatic rings. The number of benzene rings is 1. The van der Waals surface area contributed by atoms with Crippen molar-refractivity contribution in [2.75, 3.05) is 6.54 Å². The Morgan fingerprint density at radius 1 is 1.18 bits per heavy atom. The molecule has 90 valence electrons. The van der Waals surface area contributed by atoms with E-state index in [1.807, 2.05) is 12.2 Å². The number of hydrogen-bond donors (Lipinski definition) is 2. The SMILES string of the molecule is NCC=Cc1ccc(C(=O)CCC(=O)O)cc1. The molecule has 0 amide bonds. The monoisotopic (exact) mass is 233 g/mol. The number of aliphatic carboxylic acids is 1. The molecule has 0 saturated carbocycles. The minimum atomic E-state index is -0.958. The predicted molar refractivity (Wildman–Crippen MR) is 65.7 cm³/mol. The van der Waals surface area contributed by atoms with Crippen LogP contribution in [0.4, 0.5) is 0 Å². The fraction of sp³-hybridized carbons (Fsp3) is 0.231. The molecule has 1 aromatic carbocycles. The number of nitrogens with two attached hydrogens (primary N) is 1. The van der Waals surface area contributed by atoms with Gasteiger partial charge in [-0.3, -0.25) is 9.59 Å². The molecule has 17 heavy (non-hydrogen) atoms. The number of rotatable bonds is 6. The van der Waals surface area contributed by atoms with Crippen molar-refractivity contribution in [3.05, 3.63) is 41.5 Å². The Bertz CT molecular complexity index is 421. The van der Waals surface area contributed by atoms with Gasteiger partial charge in [-0.1, -0.05) is 36.4 Å². The Morgan fingerprint density at radius 2 is 1.82 bits per heavy atom. The van der Waals surface area contributed by atoms with Gasteiger partial charge in [0.15, 0.2) is 5.78 Å². The summed E-state index contributed by atoms with van der Waals surface area (Å²) in [5.74, 6) is -1.11. The first-order chi connectivity index (χ1) is 8.13. The van der Waals surface area contributed by atoms with Crippen molar-refractivity contribution in [1.29, 1.82) is 0 Å². The zero-order valence-corrected chi connectivity index (χ0v) is 9.43. The zero-order valence-electron chi connectivity index (χ0n) is 9.43. The summed E-state index contributed by atoms with van der Waals surface area (Å²) in [6, 6.07) is 7.00. The minimum Gasteiger partial charge on any atom is -0.481 e. The lowest BCUT2D eigenvalue weighted by Gasteiger charge is -2.00. The van der Waals surface area contributed by atoms with Crippen LogP contribution in [0.25, 0.3) is 6.08 Å².